The minimum absolute atomic E-state index is 0.0373. The summed E-state index contributed by atoms with van der Waals surface area (Å²) in [5, 5.41) is 12.8. The van der Waals surface area contributed by atoms with Crippen LogP contribution in [0.2, 0.25) is 0 Å². The van der Waals surface area contributed by atoms with Crippen molar-refractivity contribution in [3.8, 4) is 0 Å². The number of nitrogens with one attached hydrogen (secondary N) is 1. The van der Waals surface area contributed by atoms with Crippen molar-refractivity contribution in [2.24, 2.45) is 5.92 Å². The smallest absolute Gasteiger partial charge is 0.326 e. The number of fused-ring (bicyclic) bond motifs is 1. The summed E-state index contributed by atoms with van der Waals surface area (Å²) in [5.41, 5.74) is 0. The lowest BCUT2D eigenvalue weighted by Gasteiger charge is -2.35. The largest absolute Gasteiger partial charge is 0.480 e. The second-order valence-electron chi connectivity index (χ2n) is 7.03. The number of carbonyl (C=O) groups is 2. The number of nitrogens with zero attached hydrogens (tertiary/aromatic N) is 1. The maximum atomic E-state index is 12.9. The maximum Gasteiger partial charge on any atom is 0.326 e. The molecule has 2 rings (SSSR count). The molecule has 5 atom stereocenters. The fourth-order valence-corrected chi connectivity index (χ4v) is 4.24. The zero-order valence-electron chi connectivity index (χ0n) is 14.0. The molecule has 1 aliphatic carbocycles. The third-order valence-electron chi connectivity index (χ3n) is 5.25. The molecule has 0 aromatic rings. The van der Waals surface area contributed by atoms with Crippen LogP contribution in [0.5, 0.6) is 0 Å². The SMILES string of the molecule is CCCC(C)NC(C)C(=O)N1C(C(=O)O)C[C@@H]2CCCC[C@@H]21. The lowest BCUT2D eigenvalue weighted by Crippen LogP contribution is -2.54. The van der Waals surface area contributed by atoms with Gasteiger partial charge in [-0.1, -0.05) is 26.2 Å². The van der Waals surface area contributed by atoms with Crippen molar-refractivity contribution in [2.75, 3.05) is 0 Å². The lowest BCUT2D eigenvalue weighted by molar-refractivity contribution is -0.150. The summed E-state index contributed by atoms with van der Waals surface area (Å²) in [6, 6.07) is -0.541. The van der Waals surface area contributed by atoms with Crippen LogP contribution in [0.25, 0.3) is 0 Å². The molecule has 0 spiro atoms. The predicted molar refractivity (Wildman–Crippen MR) is 85.6 cm³/mol. The number of carboxylic acid groups (broad SMARTS) is 1. The van der Waals surface area contributed by atoms with E-state index in [1.54, 1.807) is 4.90 Å². The van der Waals surface area contributed by atoms with Gasteiger partial charge in [0, 0.05) is 12.1 Å². The van der Waals surface area contributed by atoms with E-state index in [4.69, 9.17) is 0 Å². The van der Waals surface area contributed by atoms with Crippen molar-refractivity contribution >= 4 is 11.9 Å². The van der Waals surface area contributed by atoms with Gasteiger partial charge in [-0.15, -0.1) is 0 Å². The molecule has 1 heterocycles. The van der Waals surface area contributed by atoms with E-state index in [2.05, 4.69) is 19.2 Å². The van der Waals surface area contributed by atoms with E-state index in [0.717, 1.165) is 38.5 Å². The molecule has 1 aliphatic heterocycles. The van der Waals surface area contributed by atoms with Gasteiger partial charge in [0.05, 0.1) is 6.04 Å². The van der Waals surface area contributed by atoms with E-state index in [9.17, 15) is 14.7 Å². The molecule has 5 heteroatoms. The summed E-state index contributed by atoms with van der Waals surface area (Å²) in [5.74, 6) is -0.514. The number of hydrogen-bond acceptors (Lipinski definition) is 3. The van der Waals surface area contributed by atoms with E-state index < -0.39 is 12.0 Å². The number of amides is 1. The topological polar surface area (TPSA) is 69.6 Å². The van der Waals surface area contributed by atoms with Crippen LogP contribution in [0.1, 0.15) is 65.7 Å². The molecule has 1 saturated heterocycles. The van der Waals surface area contributed by atoms with E-state index in [1.807, 2.05) is 6.92 Å². The fraction of sp³-hybridized carbons (Fsp3) is 0.882. The highest BCUT2D eigenvalue weighted by Crippen LogP contribution is 2.40. The van der Waals surface area contributed by atoms with Gasteiger partial charge in [0.15, 0.2) is 0 Å². The third kappa shape index (κ3) is 3.62. The zero-order chi connectivity index (χ0) is 16.3. The molecule has 2 N–H and O–H groups in total. The van der Waals surface area contributed by atoms with Crippen LogP contribution in [0.15, 0.2) is 0 Å². The minimum Gasteiger partial charge on any atom is -0.480 e. The van der Waals surface area contributed by atoms with E-state index >= 15 is 0 Å². The Morgan fingerprint density at radius 2 is 1.95 bits per heavy atom. The molecule has 1 amide bonds. The van der Waals surface area contributed by atoms with Gasteiger partial charge < -0.3 is 15.3 Å². The van der Waals surface area contributed by atoms with Gasteiger partial charge in [-0.3, -0.25) is 4.79 Å². The van der Waals surface area contributed by atoms with Crippen molar-refractivity contribution in [2.45, 2.75) is 89.9 Å². The number of carbonyl (C=O) groups excluding carboxylic acids is 1. The second-order valence-corrected chi connectivity index (χ2v) is 7.03. The molecule has 3 unspecified atom stereocenters. The van der Waals surface area contributed by atoms with Crippen LogP contribution in [0, 0.1) is 5.92 Å². The summed E-state index contributed by atoms with van der Waals surface area (Å²) in [6.45, 7) is 6.07. The number of hydrogen-bond donors (Lipinski definition) is 2. The van der Waals surface area contributed by atoms with Crippen molar-refractivity contribution in [1.82, 2.24) is 10.2 Å². The molecule has 2 fully saturated rings. The van der Waals surface area contributed by atoms with Crippen LogP contribution < -0.4 is 5.32 Å². The van der Waals surface area contributed by atoms with Gasteiger partial charge in [-0.05, 0) is 45.4 Å². The molecular weight excluding hydrogens is 280 g/mol. The average molecular weight is 310 g/mol. The van der Waals surface area contributed by atoms with Crippen LogP contribution in [0.4, 0.5) is 0 Å². The van der Waals surface area contributed by atoms with Crippen molar-refractivity contribution < 1.29 is 14.7 Å². The van der Waals surface area contributed by atoms with Gasteiger partial charge in [0.2, 0.25) is 5.91 Å². The van der Waals surface area contributed by atoms with Crippen molar-refractivity contribution in [1.29, 1.82) is 0 Å². The first-order chi connectivity index (χ1) is 10.5. The number of likely N-dealkylation sites (tertiary alicyclic amines) is 1. The predicted octanol–water partition coefficient (Wildman–Crippen LogP) is 2.40. The molecule has 0 aromatic heterocycles. The van der Waals surface area contributed by atoms with Crippen molar-refractivity contribution in [3.05, 3.63) is 0 Å². The van der Waals surface area contributed by atoms with E-state index in [-0.39, 0.29) is 24.0 Å². The molecule has 22 heavy (non-hydrogen) atoms. The first-order valence-electron chi connectivity index (χ1n) is 8.76. The van der Waals surface area contributed by atoms with Gasteiger partial charge in [0.25, 0.3) is 0 Å². The van der Waals surface area contributed by atoms with Crippen LogP contribution >= 0.6 is 0 Å². The Balaban J connectivity index is 2.08. The minimum atomic E-state index is -0.850. The Hall–Kier alpha value is -1.10. The molecular formula is C17H30N2O3. The second kappa shape index (κ2) is 7.44. The quantitative estimate of drug-likeness (QED) is 0.790. The highest BCUT2D eigenvalue weighted by molar-refractivity contribution is 5.87. The highest BCUT2D eigenvalue weighted by Gasteiger charge is 2.48. The molecule has 126 valence electrons. The third-order valence-corrected chi connectivity index (χ3v) is 5.25. The Labute approximate surface area is 133 Å². The summed E-state index contributed by atoms with van der Waals surface area (Å²) < 4.78 is 0. The summed E-state index contributed by atoms with van der Waals surface area (Å²) in [7, 11) is 0. The van der Waals surface area contributed by atoms with Gasteiger partial charge in [-0.25, -0.2) is 4.79 Å². The first kappa shape index (κ1) is 17.3. The standard InChI is InChI=1S/C17H30N2O3/c1-4-7-11(2)18-12(3)16(20)19-14-9-6-5-8-13(14)10-15(19)17(21)22/h11-15,18H,4-10H2,1-3H3,(H,21,22)/t11?,12?,13-,14-,15?/m0/s1. The summed E-state index contributed by atoms with van der Waals surface area (Å²) in [6.07, 6.45) is 7.00. The Kier molecular flexibility index (Phi) is 5.84. The van der Waals surface area contributed by atoms with Crippen LogP contribution in [-0.2, 0) is 9.59 Å². The molecule has 1 saturated carbocycles. The Morgan fingerprint density at radius 1 is 1.27 bits per heavy atom. The van der Waals surface area contributed by atoms with Gasteiger partial charge in [-0.2, -0.15) is 0 Å². The summed E-state index contributed by atoms with van der Waals surface area (Å²) >= 11 is 0. The molecule has 0 radical (unpaired) electrons. The highest BCUT2D eigenvalue weighted by atomic mass is 16.4. The fourth-order valence-electron chi connectivity index (χ4n) is 4.24. The number of rotatable bonds is 6. The average Bonchev–Trinajstić information content (AvgIpc) is 2.86. The monoisotopic (exact) mass is 310 g/mol. The Bertz CT molecular complexity index is 413. The number of aliphatic carboxylic acids is 1. The Morgan fingerprint density at radius 3 is 2.59 bits per heavy atom. The summed E-state index contributed by atoms with van der Waals surface area (Å²) in [4.78, 5) is 26.1. The van der Waals surface area contributed by atoms with Crippen LogP contribution in [-0.4, -0.2) is 46.1 Å². The van der Waals surface area contributed by atoms with Crippen LogP contribution in [0.3, 0.4) is 0 Å². The maximum absolute atomic E-state index is 12.9. The zero-order valence-corrected chi connectivity index (χ0v) is 14.0. The molecule has 5 nitrogen and oxygen atoms in total. The van der Waals surface area contributed by atoms with E-state index in [1.165, 1.54) is 0 Å². The first-order valence-corrected chi connectivity index (χ1v) is 8.76. The van der Waals surface area contributed by atoms with E-state index in [0.29, 0.717) is 12.3 Å². The van der Waals surface area contributed by atoms with Gasteiger partial charge in [0.1, 0.15) is 6.04 Å². The molecule has 2 aliphatic rings. The van der Waals surface area contributed by atoms with Crippen molar-refractivity contribution in [3.63, 3.8) is 0 Å². The number of carboxylic acids is 1. The molecule has 0 aromatic carbocycles. The lowest BCUT2D eigenvalue weighted by atomic mass is 9.84. The normalized spacial score (nSPS) is 30.7. The molecule has 0 bridgehead atoms. The van der Waals surface area contributed by atoms with Gasteiger partial charge >= 0.3 is 5.97 Å².